The van der Waals surface area contributed by atoms with Crippen LogP contribution in [-0.4, -0.2) is 0 Å². The van der Waals surface area contributed by atoms with E-state index in [1.807, 2.05) is 48.5 Å². The van der Waals surface area contributed by atoms with Crippen LogP contribution in [-0.2, 0) is 0 Å². The molecule has 2 rings (SSSR count). The minimum absolute atomic E-state index is 0. The minimum Gasteiger partial charge on any atom is -0.457 e. The first kappa shape index (κ1) is 11.2. The average Bonchev–Trinajstić information content (AvgIpc) is 2.19. The molecule has 2 aromatic carbocycles. The summed E-state index contributed by atoms with van der Waals surface area (Å²) in [5.74, 6) is 1.76. The number of para-hydroxylation sites is 1. The average molecular weight is 204 g/mol. The topological polar surface area (TPSA) is 9.23 Å². The van der Waals surface area contributed by atoms with Crippen molar-refractivity contribution >= 4 is 0 Å². The maximum atomic E-state index is 5.66. The molecule has 0 fully saturated rings. The second kappa shape index (κ2) is 5.15. The van der Waals surface area contributed by atoms with Crippen molar-refractivity contribution in [3.05, 3.63) is 60.2 Å². The van der Waals surface area contributed by atoms with Crippen LogP contribution in [0.3, 0.4) is 0 Å². The summed E-state index contributed by atoms with van der Waals surface area (Å²) in [5, 5.41) is 0. The van der Waals surface area contributed by atoms with E-state index in [0.717, 1.165) is 11.5 Å². The van der Waals surface area contributed by atoms with Gasteiger partial charge in [0.1, 0.15) is 11.5 Å². The zero-order valence-electron chi connectivity index (χ0n) is 8.51. The summed E-state index contributed by atoms with van der Waals surface area (Å²) < 4.78 is 5.66. The summed E-state index contributed by atoms with van der Waals surface area (Å²) in [6.45, 7) is 2.05. The highest BCUT2D eigenvalue weighted by molar-refractivity contribution is 5.33. The number of hydrogen-bond donors (Lipinski definition) is 0. The van der Waals surface area contributed by atoms with Gasteiger partial charge in [-0.1, -0.05) is 30.3 Å². The SMILES string of the molecule is Cc1cccc(Oc2ccccc2)c1.F. The second-order valence-electron chi connectivity index (χ2n) is 3.23. The Morgan fingerprint density at radius 2 is 1.47 bits per heavy atom. The molecule has 0 heterocycles. The lowest BCUT2D eigenvalue weighted by molar-refractivity contribution is 0.482. The number of hydrogen-bond acceptors (Lipinski definition) is 1. The van der Waals surface area contributed by atoms with E-state index in [-0.39, 0.29) is 4.70 Å². The summed E-state index contributed by atoms with van der Waals surface area (Å²) in [5.41, 5.74) is 1.21. The third-order valence-corrected chi connectivity index (χ3v) is 1.97. The maximum absolute atomic E-state index is 5.66. The van der Waals surface area contributed by atoms with Gasteiger partial charge in [0.25, 0.3) is 0 Å². The number of ether oxygens (including phenoxy) is 1. The molecular formula is C13H13FO. The molecule has 2 heteroatoms. The minimum atomic E-state index is 0. The van der Waals surface area contributed by atoms with Crippen molar-refractivity contribution in [2.45, 2.75) is 6.92 Å². The Hall–Kier alpha value is -1.83. The molecule has 0 aliphatic carbocycles. The molecule has 0 saturated heterocycles. The lowest BCUT2D eigenvalue weighted by Crippen LogP contribution is -1.83. The Labute approximate surface area is 88.7 Å². The van der Waals surface area contributed by atoms with Gasteiger partial charge in [-0.3, -0.25) is 4.70 Å². The maximum Gasteiger partial charge on any atom is 0.127 e. The van der Waals surface area contributed by atoms with Crippen LogP contribution in [0.2, 0.25) is 0 Å². The van der Waals surface area contributed by atoms with Crippen LogP contribution in [0.25, 0.3) is 0 Å². The van der Waals surface area contributed by atoms with Crippen LogP contribution >= 0.6 is 0 Å². The van der Waals surface area contributed by atoms with Gasteiger partial charge in [-0.05, 0) is 36.8 Å². The Morgan fingerprint density at radius 1 is 0.800 bits per heavy atom. The molecule has 15 heavy (non-hydrogen) atoms. The van der Waals surface area contributed by atoms with Gasteiger partial charge in [-0.2, -0.15) is 0 Å². The second-order valence-corrected chi connectivity index (χ2v) is 3.23. The van der Waals surface area contributed by atoms with Crippen LogP contribution in [0.5, 0.6) is 11.5 Å². The molecule has 0 unspecified atom stereocenters. The van der Waals surface area contributed by atoms with Gasteiger partial charge >= 0.3 is 0 Å². The van der Waals surface area contributed by atoms with Crippen LogP contribution < -0.4 is 4.74 Å². The van der Waals surface area contributed by atoms with Gasteiger partial charge in [-0.25, -0.2) is 0 Å². The number of benzene rings is 2. The van der Waals surface area contributed by atoms with Crippen molar-refractivity contribution in [3.63, 3.8) is 0 Å². The Balaban J connectivity index is 0.00000112. The molecule has 0 saturated carbocycles. The lowest BCUT2D eigenvalue weighted by atomic mass is 10.2. The van der Waals surface area contributed by atoms with E-state index in [2.05, 4.69) is 13.0 Å². The van der Waals surface area contributed by atoms with Crippen LogP contribution in [0.15, 0.2) is 54.6 Å². The van der Waals surface area contributed by atoms with E-state index in [4.69, 9.17) is 4.74 Å². The summed E-state index contributed by atoms with van der Waals surface area (Å²) in [6, 6.07) is 17.8. The van der Waals surface area contributed by atoms with E-state index in [1.54, 1.807) is 0 Å². The molecule has 78 valence electrons. The van der Waals surface area contributed by atoms with Gasteiger partial charge in [0.2, 0.25) is 0 Å². The zero-order valence-corrected chi connectivity index (χ0v) is 8.51. The molecule has 2 aromatic rings. The highest BCUT2D eigenvalue weighted by Crippen LogP contribution is 2.21. The fraction of sp³-hybridized carbons (Fsp3) is 0.0769. The van der Waals surface area contributed by atoms with Gasteiger partial charge in [0, 0.05) is 0 Å². The highest BCUT2D eigenvalue weighted by atomic mass is 19.0. The first-order valence-corrected chi connectivity index (χ1v) is 4.64. The van der Waals surface area contributed by atoms with Crippen molar-refractivity contribution in [2.75, 3.05) is 0 Å². The van der Waals surface area contributed by atoms with Crippen molar-refractivity contribution in [2.24, 2.45) is 0 Å². The highest BCUT2D eigenvalue weighted by Gasteiger charge is 1.95. The first-order chi connectivity index (χ1) is 6.84. The summed E-state index contributed by atoms with van der Waals surface area (Å²) >= 11 is 0. The first-order valence-electron chi connectivity index (χ1n) is 4.64. The number of halogens is 1. The molecule has 0 aromatic heterocycles. The Bertz CT molecular complexity index is 412. The van der Waals surface area contributed by atoms with Crippen molar-refractivity contribution in [1.82, 2.24) is 0 Å². The van der Waals surface area contributed by atoms with E-state index in [0.29, 0.717) is 0 Å². The third-order valence-electron chi connectivity index (χ3n) is 1.97. The predicted molar refractivity (Wildman–Crippen MR) is 60.2 cm³/mol. The standard InChI is InChI=1S/C13H12O.FH/c1-11-6-5-9-13(10-11)14-12-7-3-2-4-8-12;/h2-10H,1H3;1H. The van der Waals surface area contributed by atoms with E-state index >= 15 is 0 Å². The van der Waals surface area contributed by atoms with Crippen LogP contribution in [0, 0.1) is 6.92 Å². The van der Waals surface area contributed by atoms with Gasteiger partial charge in [0.05, 0.1) is 0 Å². The van der Waals surface area contributed by atoms with Crippen LogP contribution in [0.4, 0.5) is 4.70 Å². The molecule has 0 radical (unpaired) electrons. The van der Waals surface area contributed by atoms with Crippen molar-refractivity contribution < 1.29 is 9.44 Å². The summed E-state index contributed by atoms with van der Waals surface area (Å²) in [6.07, 6.45) is 0. The molecule has 0 aliphatic heterocycles. The normalized spacial score (nSPS) is 9.13. The molecule has 0 bridgehead atoms. The van der Waals surface area contributed by atoms with E-state index in [9.17, 15) is 0 Å². The van der Waals surface area contributed by atoms with Gasteiger partial charge in [-0.15, -0.1) is 0 Å². The fourth-order valence-electron chi connectivity index (χ4n) is 1.30. The molecule has 0 amide bonds. The number of rotatable bonds is 2. The van der Waals surface area contributed by atoms with Crippen LogP contribution in [0.1, 0.15) is 5.56 Å². The molecular weight excluding hydrogens is 191 g/mol. The monoisotopic (exact) mass is 204 g/mol. The molecule has 0 aliphatic rings. The molecule has 1 nitrogen and oxygen atoms in total. The largest absolute Gasteiger partial charge is 0.457 e. The summed E-state index contributed by atoms with van der Waals surface area (Å²) in [4.78, 5) is 0. The quantitative estimate of drug-likeness (QED) is 0.720. The molecule has 0 N–H and O–H groups in total. The van der Waals surface area contributed by atoms with E-state index in [1.165, 1.54) is 5.56 Å². The van der Waals surface area contributed by atoms with E-state index < -0.39 is 0 Å². The summed E-state index contributed by atoms with van der Waals surface area (Å²) in [7, 11) is 0. The third kappa shape index (κ3) is 3.09. The molecule has 0 atom stereocenters. The Morgan fingerprint density at radius 3 is 2.13 bits per heavy atom. The number of aryl methyl sites for hydroxylation is 1. The van der Waals surface area contributed by atoms with Crippen molar-refractivity contribution in [1.29, 1.82) is 0 Å². The smallest absolute Gasteiger partial charge is 0.127 e. The van der Waals surface area contributed by atoms with Crippen molar-refractivity contribution in [3.8, 4) is 11.5 Å². The van der Waals surface area contributed by atoms with Gasteiger partial charge < -0.3 is 4.74 Å². The fourth-order valence-corrected chi connectivity index (χ4v) is 1.30. The van der Waals surface area contributed by atoms with Gasteiger partial charge in [0.15, 0.2) is 0 Å². The Kier molecular flexibility index (Phi) is 3.86. The zero-order chi connectivity index (χ0) is 9.80. The predicted octanol–water partition coefficient (Wildman–Crippen LogP) is 3.94. The lowest BCUT2D eigenvalue weighted by Gasteiger charge is -2.05. The molecule has 0 spiro atoms.